The molecule has 10 atom stereocenters. The van der Waals surface area contributed by atoms with Gasteiger partial charge in [-0.1, -0.05) is 0 Å². The molecule has 0 aromatic carbocycles. The van der Waals surface area contributed by atoms with Crippen LogP contribution in [0.4, 0.5) is 0 Å². The number of amides is 1. The highest BCUT2D eigenvalue weighted by Gasteiger charge is 2.50. The highest BCUT2D eigenvalue weighted by atomic mass is 16.7. The normalized spacial score (nSPS) is 37.1. The van der Waals surface area contributed by atoms with Gasteiger partial charge in [-0.15, -0.1) is 0 Å². The van der Waals surface area contributed by atoms with Crippen molar-refractivity contribution >= 4 is 11.9 Å². The Morgan fingerprint density at radius 2 is 1.36 bits per heavy atom. The van der Waals surface area contributed by atoms with E-state index in [1.54, 1.807) is 27.7 Å². The SMILES string of the molecule is CCOC(=O)C1O[C@@H](OCC)[C@@H](O)[C@@H](O)[C@@H]1OCCO[C@@H]1OC(C(=O)NC)[C@@H](OC(C)C)[C@H](O)[C@@H]1O. The molecular formula is C22H39NO13. The van der Waals surface area contributed by atoms with Gasteiger partial charge < -0.3 is 58.9 Å². The minimum atomic E-state index is -1.55. The van der Waals surface area contributed by atoms with Crippen molar-refractivity contribution in [1.29, 1.82) is 0 Å². The van der Waals surface area contributed by atoms with Gasteiger partial charge in [-0.2, -0.15) is 0 Å². The fourth-order valence-electron chi connectivity index (χ4n) is 3.88. The number of hydrogen-bond acceptors (Lipinski definition) is 13. The summed E-state index contributed by atoms with van der Waals surface area (Å²) in [6.45, 7) is 6.41. The smallest absolute Gasteiger partial charge is 0.338 e. The molecular weight excluding hydrogens is 486 g/mol. The van der Waals surface area contributed by atoms with Crippen molar-refractivity contribution in [1.82, 2.24) is 5.32 Å². The van der Waals surface area contributed by atoms with Gasteiger partial charge in [-0.25, -0.2) is 4.79 Å². The number of likely N-dealkylation sites (N-methyl/N-ethyl adjacent to an activating group) is 1. The minimum absolute atomic E-state index is 0.0553. The van der Waals surface area contributed by atoms with E-state index in [-0.39, 0.29) is 32.5 Å². The van der Waals surface area contributed by atoms with Gasteiger partial charge in [-0.3, -0.25) is 4.79 Å². The van der Waals surface area contributed by atoms with Gasteiger partial charge >= 0.3 is 5.97 Å². The Kier molecular flexibility index (Phi) is 12.4. The number of nitrogens with one attached hydrogen (secondary N) is 1. The van der Waals surface area contributed by atoms with E-state index in [2.05, 4.69) is 5.32 Å². The largest absolute Gasteiger partial charge is 0.464 e. The number of hydrogen-bond donors (Lipinski definition) is 5. The number of carbonyl (C=O) groups excluding carboxylic acids is 2. The molecule has 0 spiro atoms. The summed E-state index contributed by atoms with van der Waals surface area (Å²) < 4.78 is 37.9. The first-order valence-electron chi connectivity index (χ1n) is 12.0. The second-order valence-corrected chi connectivity index (χ2v) is 8.49. The molecule has 5 N–H and O–H groups in total. The van der Waals surface area contributed by atoms with Crippen LogP contribution in [0.1, 0.15) is 27.7 Å². The Morgan fingerprint density at radius 3 is 1.92 bits per heavy atom. The molecule has 0 aromatic rings. The fourth-order valence-corrected chi connectivity index (χ4v) is 3.88. The van der Waals surface area contributed by atoms with Crippen LogP contribution < -0.4 is 5.32 Å². The van der Waals surface area contributed by atoms with Crippen LogP contribution in [0.5, 0.6) is 0 Å². The van der Waals surface area contributed by atoms with E-state index in [4.69, 9.17) is 33.2 Å². The van der Waals surface area contributed by atoms with Crippen LogP contribution in [0.25, 0.3) is 0 Å². The van der Waals surface area contributed by atoms with Crippen molar-refractivity contribution in [2.24, 2.45) is 0 Å². The molecule has 2 unspecified atom stereocenters. The Labute approximate surface area is 209 Å². The molecule has 2 heterocycles. The molecule has 36 heavy (non-hydrogen) atoms. The number of ether oxygens (including phenoxy) is 7. The molecule has 2 aliphatic heterocycles. The van der Waals surface area contributed by atoms with Crippen LogP contribution in [0, 0.1) is 0 Å². The molecule has 0 aliphatic carbocycles. The predicted molar refractivity (Wildman–Crippen MR) is 119 cm³/mol. The van der Waals surface area contributed by atoms with E-state index in [0.29, 0.717) is 0 Å². The summed E-state index contributed by atoms with van der Waals surface area (Å²) in [5.41, 5.74) is 0. The van der Waals surface area contributed by atoms with E-state index >= 15 is 0 Å². The van der Waals surface area contributed by atoms with Crippen LogP contribution in [0.2, 0.25) is 0 Å². The van der Waals surface area contributed by atoms with Gasteiger partial charge in [0.25, 0.3) is 5.91 Å². The van der Waals surface area contributed by atoms with Crippen LogP contribution in [-0.2, 0) is 42.7 Å². The summed E-state index contributed by atoms with van der Waals surface area (Å²) >= 11 is 0. The third kappa shape index (κ3) is 7.54. The first kappa shape index (κ1) is 30.8. The first-order valence-corrected chi connectivity index (χ1v) is 12.0. The summed E-state index contributed by atoms with van der Waals surface area (Å²) in [5, 5.41) is 44.2. The maximum Gasteiger partial charge on any atom is 0.338 e. The molecule has 2 saturated heterocycles. The van der Waals surface area contributed by atoms with Crippen molar-refractivity contribution in [3.05, 3.63) is 0 Å². The van der Waals surface area contributed by atoms with Crippen LogP contribution in [0.15, 0.2) is 0 Å². The topological polar surface area (TPSA) is 192 Å². The Morgan fingerprint density at radius 1 is 0.806 bits per heavy atom. The van der Waals surface area contributed by atoms with Gasteiger partial charge in [0.2, 0.25) is 0 Å². The lowest BCUT2D eigenvalue weighted by atomic mass is 9.97. The Balaban J connectivity index is 2.01. The van der Waals surface area contributed by atoms with Gasteiger partial charge in [0.15, 0.2) is 24.8 Å². The Hall–Kier alpha value is -1.46. The van der Waals surface area contributed by atoms with E-state index in [0.717, 1.165) is 0 Å². The first-order chi connectivity index (χ1) is 17.1. The highest BCUT2D eigenvalue weighted by Crippen LogP contribution is 2.27. The average Bonchev–Trinajstić information content (AvgIpc) is 2.84. The lowest BCUT2D eigenvalue weighted by molar-refractivity contribution is -0.311. The minimum Gasteiger partial charge on any atom is -0.464 e. The van der Waals surface area contributed by atoms with Gasteiger partial charge in [0.1, 0.15) is 36.6 Å². The molecule has 0 bridgehead atoms. The zero-order valence-corrected chi connectivity index (χ0v) is 21.1. The zero-order valence-electron chi connectivity index (χ0n) is 21.1. The molecule has 14 heteroatoms. The van der Waals surface area contributed by atoms with E-state index in [9.17, 15) is 30.0 Å². The molecule has 2 aliphatic rings. The van der Waals surface area contributed by atoms with Crippen molar-refractivity contribution in [2.45, 2.75) is 95.2 Å². The monoisotopic (exact) mass is 525 g/mol. The highest BCUT2D eigenvalue weighted by molar-refractivity contribution is 5.81. The predicted octanol–water partition coefficient (Wildman–Crippen LogP) is -2.58. The fraction of sp³-hybridized carbons (Fsp3) is 0.909. The molecule has 0 radical (unpaired) electrons. The molecule has 2 fully saturated rings. The zero-order chi connectivity index (χ0) is 27.0. The number of aliphatic hydroxyl groups is 4. The third-order valence-electron chi connectivity index (χ3n) is 5.55. The second kappa shape index (κ2) is 14.5. The molecule has 0 aromatic heterocycles. The summed E-state index contributed by atoms with van der Waals surface area (Å²) in [6.07, 6.45) is -14.2. The van der Waals surface area contributed by atoms with E-state index < -0.39 is 73.3 Å². The molecule has 210 valence electrons. The lowest BCUT2D eigenvalue weighted by Gasteiger charge is -2.42. The quantitative estimate of drug-likeness (QED) is 0.132. The molecule has 0 saturated carbocycles. The average molecular weight is 526 g/mol. The standard InChI is InChI=1S/C22H39NO13/c1-6-30-20(29)18-15(11(24)13(26)21(36-18)31-7-2)32-8-9-33-22-14(27)12(25)16(34-10(3)4)17(35-22)19(28)23-5/h10-18,21-22,24-27H,6-9H2,1-5H3,(H,23,28)/t11-,12-,13+,14+,15+,16+,17?,18?,21-,22-/m1/s1. The van der Waals surface area contributed by atoms with Crippen LogP contribution >= 0.6 is 0 Å². The number of rotatable bonds is 12. The van der Waals surface area contributed by atoms with E-state index in [1.165, 1.54) is 7.05 Å². The van der Waals surface area contributed by atoms with Crippen molar-refractivity contribution in [3.63, 3.8) is 0 Å². The van der Waals surface area contributed by atoms with Crippen LogP contribution in [0.3, 0.4) is 0 Å². The van der Waals surface area contributed by atoms with Crippen molar-refractivity contribution in [2.75, 3.05) is 33.5 Å². The maximum atomic E-state index is 12.4. The number of esters is 1. The maximum absolute atomic E-state index is 12.4. The number of aliphatic hydroxyl groups excluding tert-OH is 4. The summed E-state index contributed by atoms with van der Waals surface area (Å²) in [4.78, 5) is 24.6. The van der Waals surface area contributed by atoms with Gasteiger partial charge in [0, 0.05) is 13.7 Å². The van der Waals surface area contributed by atoms with Crippen LogP contribution in [-0.4, -0.2) is 133 Å². The lowest BCUT2D eigenvalue weighted by Crippen LogP contribution is -2.63. The molecule has 14 nitrogen and oxygen atoms in total. The molecule has 1 amide bonds. The van der Waals surface area contributed by atoms with Crippen molar-refractivity contribution in [3.8, 4) is 0 Å². The van der Waals surface area contributed by atoms with Gasteiger partial charge in [0.05, 0.1) is 25.9 Å². The van der Waals surface area contributed by atoms with Gasteiger partial charge in [-0.05, 0) is 27.7 Å². The number of carbonyl (C=O) groups is 2. The third-order valence-corrected chi connectivity index (χ3v) is 5.55. The summed E-state index contributed by atoms with van der Waals surface area (Å²) in [6, 6.07) is 0. The second-order valence-electron chi connectivity index (χ2n) is 8.49. The summed E-state index contributed by atoms with van der Waals surface area (Å²) in [5.74, 6) is -1.38. The Bertz CT molecular complexity index is 695. The van der Waals surface area contributed by atoms with Crippen molar-refractivity contribution < 1.29 is 63.2 Å². The summed E-state index contributed by atoms with van der Waals surface area (Å²) in [7, 11) is 1.39. The molecule has 2 rings (SSSR count). The van der Waals surface area contributed by atoms with E-state index in [1.807, 2.05) is 0 Å².